The van der Waals surface area contributed by atoms with Crippen LogP contribution >= 0.6 is 0 Å². The van der Waals surface area contributed by atoms with Crippen LogP contribution in [0.1, 0.15) is 103 Å². The second-order valence-electron chi connectivity index (χ2n) is 8.24. The summed E-state index contributed by atoms with van der Waals surface area (Å²) in [6.45, 7) is 7.06. The average Bonchev–Trinajstić information content (AvgIpc) is 2.66. The molecule has 140 valence electrons. The van der Waals surface area contributed by atoms with Gasteiger partial charge in [-0.25, -0.2) is 0 Å². The van der Waals surface area contributed by atoms with Crippen LogP contribution in [0.2, 0.25) is 0 Å². The Hall–Kier alpha value is -1.04. The highest BCUT2D eigenvalue weighted by Crippen LogP contribution is 2.35. The Labute approximate surface area is 157 Å². The molecule has 0 amide bonds. The van der Waals surface area contributed by atoms with E-state index in [4.69, 9.17) is 0 Å². The molecule has 2 rings (SSSR count). The van der Waals surface area contributed by atoms with Crippen LogP contribution in [0.4, 0.5) is 0 Å². The number of hydrogen-bond donors (Lipinski definition) is 0. The highest BCUT2D eigenvalue weighted by atomic mass is 14.3. The summed E-state index contributed by atoms with van der Waals surface area (Å²) < 4.78 is 0. The highest BCUT2D eigenvalue weighted by Gasteiger charge is 2.20. The maximum absolute atomic E-state index is 2.54. The van der Waals surface area contributed by atoms with E-state index in [9.17, 15) is 0 Å². The fourth-order valence-electron chi connectivity index (χ4n) is 4.23. The fourth-order valence-corrected chi connectivity index (χ4v) is 4.23. The molecule has 0 heterocycles. The molecule has 0 fully saturated rings. The van der Waals surface area contributed by atoms with Crippen LogP contribution in [0.25, 0.3) is 5.57 Å². The van der Waals surface area contributed by atoms with Gasteiger partial charge in [-0.2, -0.15) is 0 Å². The molecule has 1 aromatic carbocycles. The molecule has 2 atom stereocenters. The number of aryl methyl sites for hydroxylation is 1. The lowest BCUT2D eigenvalue weighted by Crippen LogP contribution is -2.14. The lowest BCUT2D eigenvalue weighted by Gasteiger charge is -2.27. The summed E-state index contributed by atoms with van der Waals surface area (Å²) >= 11 is 0. The van der Waals surface area contributed by atoms with Gasteiger partial charge in [-0.15, -0.1) is 0 Å². The SMILES string of the molecule is CCCCCCc1ccc(C2=CCC(C(C)CCCCC)CC2)cc1. The number of unbranched alkanes of at least 4 members (excludes halogenated alkanes) is 5. The van der Waals surface area contributed by atoms with Gasteiger partial charge in [0.1, 0.15) is 0 Å². The van der Waals surface area contributed by atoms with Crippen LogP contribution in [0.15, 0.2) is 30.3 Å². The fraction of sp³-hybridized carbons (Fsp3) is 0.680. The van der Waals surface area contributed by atoms with Gasteiger partial charge in [-0.05, 0) is 60.6 Å². The minimum Gasteiger partial charge on any atom is -0.0804 e. The minimum absolute atomic E-state index is 0.898. The lowest BCUT2D eigenvalue weighted by molar-refractivity contribution is 0.308. The summed E-state index contributed by atoms with van der Waals surface area (Å²) in [6, 6.07) is 9.46. The molecule has 0 saturated heterocycles. The van der Waals surface area contributed by atoms with E-state index in [-0.39, 0.29) is 0 Å². The summed E-state index contributed by atoms with van der Waals surface area (Å²) in [5.74, 6) is 1.81. The maximum Gasteiger partial charge on any atom is -0.0228 e. The van der Waals surface area contributed by atoms with Gasteiger partial charge < -0.3 is 0 Å². The molecule has 0 aromatic heterocycles. The van der Waals surface area contributed by atoms with E-state index in [2.05, 4.69) is 51.1 Å². The van der Waals surface area contributed by atoms with E-state index in [1.165, 1.54) is 88.2 Å². The molecule has 25 heavy (non-hydrogen) atoms. The van der Waals surface area contributed by atoms with Crippen molar-refractivity contribution >= 4 is 5.57 Å². The van der Waals surface area contributed by atoms with Crippen molar-refractivity contribution in [2.75, 3.05) is 0 Å². The predicted octanol–water partition coefficient (Wildman–Crippen LogP) is 8.21. The normalized spacial score (nSPS) is 18.8. The lowest BCUT2D eigenvalue weighted by atomic mass is 9.78. The van der Waals surface area contributed by atoms with Crippen LogP contribution in [0.3, 0.4) is 0 Å². The second kappa shape index (κ2) is 11.6. The molecule has 0 nitrogen and oxygen atoms in total. The molecule has 0 bridgehead atoms. The van der Waals surface area contributed by atoms with Gasteiger partial charge in [0.15, 0.2) is 0 Å². The maximum atomic E-state index is 2.54. The Balaban J connectivity index is 1.80. The van der Waals surface area contributed by atoms with Gasteiger partial charge in [0.25, 0.3) is 0 Å². The van der Waals surface area contributed by atoms with Crippen molar-refractivity contribution in [2.45, 2.75) is 97.8 Å². The predicted molar refractivity (Wildman–Crippen MR) is 113 cm³/mol. The molecular weight excluding hydrogens is 300 g/mol. The van der Waals surface area contributed by atoms with Gasteiger partial charge in [0, 0.05) is 0 Å². The monoisotopic (exact) mass is 340 g/mol. The van der Waals surface area contributed by atoms with Crippen molar-refractivity contribution in [3.63, 3.8) is 0 Å². The summed E-state index contributed by atoms with van der Waals surface area (Å²) in [5.41, 5.74) is 4.57. The molecule has 1 aliphatic carbocycles. The van der Waals surface area contributed by atoms with Gasteiger partial charge in [-0.3, -0.25) is 0 Å². The van der Waals surface area contributed by atoms with E-state index in [0.29, 0.717) is 0 Å². The van der Waals surface area contributed by atoms with Gasteiger partial charge in [0.05, 0.1) is 0 Å². The molecule has 1 aromatic rings. The quantitative estimate of drug-likeness (QED) is 0.356. The van der Waals surface area contributed by atoms with E-state index in [1.54, 1.807) is 5.57 Å². The van der Waals surface area contributed by atoms with Crippen LogP contribution in [-0.4, -0.2) is 0 Å². The van der Waals surface area contributed by atoms with E-state index < -0.39 is 0 Å². The zero-order chi connectivity index (χ0) is 17.9. The van der Waals surface area contributed by atoms with Crippen molar-refractivity contribution in [2.24, 2.45) is 11.8 Å². The molecule has 0 radical (unpaired) electrons. The standard InChI is InChI=1S/C25H40/c1-4-6-8-10-12-22-13-15-24(16-14-22)25-19-17-23(18-20-25)21(3)11-9-7-5-2/h13-16,19,21,23H,4-12,17-18,20H2,1-3H3. The first-order chi connectivity index (χ1) is 12.2. The summed E-state index contributed by atoms with van der Waals surface area (Å²) in [4.78, 5) is 0. The molecule has 0 heteroatoms. The molecule has 2 unspecified atom stereocenters. The Morgan fingerprint density at radius 1 is 0.920 bits per heavy atom. The average molecular weight is 341 g/mol. The zero-order valence-electron chi connectivity index (χ0n) is 17.0. The Morgan fingerprint density at radius 2 is 1.64 bits per heavy atom. The van der Waals surface area contributed by atoms with Crippen LogP contribution in [0, 0.1) is 11.8 Å². The Kier molecular flexibility index (Phi) is 9.37. The van der Waals surface area contributed by atoms with E-state index >= 15 is 0 Å². The van der Waals surface area contributed by atoms with Crippen molar-refractivity contribution in [3.8, 4) is 0 Å². The molecular formula is C25H40. The van der Waals surface area contributed by atoms with Gasteiger partial charge in [0.2, 0.25) is 0 Å². The van der Waals surface area contributed by atoms with Gasteiger partial charge in [-0.1, -0.05) is 96.1 Å². The first kappa shape index (κ1) is 20.3. The summed E-state index contributed by atoms with van der Waals surface area (Å²) in [5, 5.41) is 0. The topological polar surface area (TPSA) is 0 Å². The highest BCUT2D eigenvalue weighted by molar-refractivity contribution is 5.66. The molecule has 1 aliphatic rings. The molecule has 0 spiro atoms. The smallest absolute Gasteiger partial charge is 0.0228 e. The number of benzene rings is 1. The first-order valence-electron chi connectivity index (χ1n) is 11.0. The van der Waals surface area contributed by atoms with Crippen LogP contribution in [0.5, 0.6) is 0 Å². The summed E-state index contributed by atoms with van der Waals surface area (Å²) in [7, 11) is 0. The van der Waals surface area contributed by atoms with Gasteiger partial charge >= 0.3 is 0 Å². The summed E-state index contributed by atoms with van der Waals surface area (Å²) in [6.07, 6.45) is 18.8. The van der Waals surface area contributed by atoms with Crippen molar-refractivity contribution in [3.05, 3.63) is 41.5 Å². The Bertz CT molecular complexity index is 493. The minimum atomic E-state index is 0.898. The van der Waals surface area contributed by atoms with Crippen LogP contribution in [-0.2, 0) is 6.42 Å². The molecule has 0 aliphatic heterocycles. The second-order valence-corrected chi connectivity index (χ2v) is 8.24. The number of allylic oxidation sites excluding steroid dienone is 2. The molecule has 0 saturated carbocycles. The van der Waals surface area contributed by atoms with E-state index in [0.717, 1.165) is 11.8 Å². The Morgan fingerprint density at radius 3 is 2.28 bits per heavy atom. The van der Waals surface area contributed by atoms with Crippen LogP contribution < -0.4 is 0 Å². The van der Waals surface area contributed by atoms with Crippen molar-refractivity contribution in [1.82, 2.24) is 0 Å². The molecule has 0 N–H and O–H groups in total. The third-order valence-corrected chi connectivity index (χ3v) is 6.16. The number of rotatable bonds is 11. The largest absolute Gasteiger partial charge is 0.0804 e. The third-order valence-electron chi connectivity index (χ3n) is 6.16. The zero-order valence-corrected chi connectivity index (χ0v) is 17.0. The number of hydrogen-bond acceptors (Lipinski definition) is 0. The van der Waals surface area contributed by atoms with Crippen molar-refractivity contribution in [1.29, 1.82) is 0 Å². The van der Waals surface area contributed by atoms with Crippen molar-refractivity contribution < 1.29 is 0 Å². The first-order valence-corrected chi connectivity index (χ1v) is 11.0. The van der Waals surface area contributed by atoms with E-state index in [1.807, 2.05) is 0 Å². The third kappa shape index (κ3) is 7.00.